The summed E-state index contributed by atoms with van der Waals surface area (Å²) in [7, 11) is 0. The Morgan fingerprint density at radius 1 is 1.32 bits per heavy atom. The lowest BCUT2D eigenvalue weighted by atomic mass is 10.1. The molecule has 0 radical (unpaired) electrons. The molecule has 0 aliphatic carbocycles. The van der Waals surface area contributed by atoms with E-state index in [4.69, 9.17) is 16.3 Å². The summed E-state index contributed by atoms with van der Waals surface area (Å²) in [5, 5.41) is 0.0940. The second-order valence-corrected chi connectivity index (χ2v) is 6.00. The number of benzene rings is 1. The third-order valence-corrected chi connectivity index (χ3v) is 3.54. The topological polar surface area (TPSA) is 46.6 Å². The number of ether oxygens (including phenoxy) is 1. The molecule has 118 valence electrons. The Bertz CT molecular complexity index is 678. The van der Waals surface area contributed by atoms with E-state index in [0.717, 1.165) is 16.5 Å². The summed E-state index contributed by atoms with van der Waals surface area (Å²) in [5.41, 5.74) is 1.01. The molecule has 22 heavy (non-hydrogen) atoms. The summed E-state index contributed by atoms with van der Waals surface area (Å²) >= 11 is 5.94. The number of halogens is 2. The van der Waals surface area contributed by atoms with Crippen LogP contribution in [-0.2, 0) is 9.59 Å². The van der Waals surface area contributed by atoms with Crippen LogP contribution in [-0.4, -0.2) is 17.9 Å². The Balaban J connectivity index is 2.51. The third-order valence-electron chi connectivity index (χ3n) is 3.25. The van der Waals surface area contributed by atoms with E-state index in [0.29, 0.717) is 5.57 Å². The van der Waals surface area contributed by atoms with Crippen LogP contribution in [0.25, 0.3) is 0 Å². The summed E-state index contributed by atoms with van der Waals surface area (Å²) in [6, 6.07) is 2.34. The standard InChI is InChI=1S/C16H17ClFNO3/c1-8(2)10-5-15(20)19(16(10)21)13-7-14(22-9(3)4)11(17)6-12(13)18/h6-7,9H,5H2,1-4H3. The predicted octanol–water partition coefficient (Wildman–Crippen LogP) is 3.87. The quantitative estimate of drug-likeness (QED) is 0.626. The molecule has 1 aromatic carbocycles. The molecular weight excluding hydrogens is 309 g/mol. The van der Waals surface area contributed by atoms with Crippen molar-refractivity contribution in [2.24, 2.45) is 0 Å². The number of allylic oxidation sites excluding steroid dienone is 1. The maximum Gasteiger partial charge on any atom is 0.261 e. The Kier molecular flexibility index (Phi) is 4.56. The molecule has 1 aliphatic heterocycles. The molecule has 0 N–H and O–H groups in total. The number of carbonyl (C=O) groups is 2. The van der Waals surface area contributed by atoms with Gasteiger partial charge in [-0.1, -0.05) is 17.2 Å². The molecule has 1 heterocycles. The highest BCUT2D eigenvalue weighted by molar-refractivity contribution is 6.32. The molecule has 0 atom stereocenters. The number of carbonyl (C=O) groups excluding carboxylic acids is 2. The predicted molar refractivity (Wildman–Crippen MR) is 82.7 cm³/mol. The van der Waals surface area contributed by atoms with Crippen LogP contribution in [0.4, 0.5) is 10.1 Å². The monoisotopic (exact) mass is 325 g/mol. The molecule has 2 amide bonds. The minimum Gasteiger partial charge on any atom is -0.489 e. The maximum absolute atomic E-state index is 14.2. The Morgan fingerprint density at radius 3 is 2.45 bits per heavy atom. The van der Waals surface area contributed by atoms with Crippen molar-refractivity contribution in [2.75, 3.05) is 4.90 Å². The van der Waals surface area contributed by atoms with Crippen LogP contribution in [0.5, 0.6) is 5.75 Å². The van der Waals surface area contributed by atoms with E-state index in [9.17, 15) is 14.0 Å². The highest BCUT2D eigenvalue weighted by Crippen LogP contribution is 2.36. The number of amides is 2. The molecule has 0 spiro atoms. The average Bonchev–Trinajstić information content (AvgIpc) is 2.68. The van der Waals surface area contributed by atoms with Gasteiger partial charge in [-0.25, -0.2) is 9.29 Å². The zero-order chi connectivity index (χ0) is 16.6. The van der Waals surface area contributed by atoms with Crippen molar-refractivity contribution < 1.29 is 18.7 Å². The van der Waals surface area contributed by atoms with E-state index in [2.05, 4.69) is 0 Å². The van der Waals surface area contributed by atoms with Crippen LogP contribution < -0.4 is 9.64 Å². The van der Waals surface area contributed by atoms with Crippen molar-refractivity contribution in [1.82, 2.24) is 0 Å². The molecule has 6 heteroatoms. The third kappa shape index (κ3) is 2.99. The Morgan fingerprint density at radius 2 is 1.95 bits per heavy atom. The number of imide groups is 1. The van der Waals surface area contributed by atoms with Crippen molar-refractivity contribution in [2.45, 2.75) is 40.2 Å². The van der Waals surface area contributed by atoms with Gasteiger partial charge in [-0.15, -0.1) is 0 Å². The molecule has 1 aromatic rings. The molecular formula is C16H17ClFNO3. The van der Waals surface area contributed by atoms with Crippen molar-refractivity contribution in [3.05, 3.63) is 34.1 Å². The van der Waals surface area contributed by atoms with Crippen molar-refractivity contribution in [1.29, 1.82) is 0 Å². The first-order chi connectivity index (χ1) is 10.2. The van der Waals surface area contributed by atoms with Crippen molar-refractivity contribution >= 4 is 29.1 Å². The lowest BCUT2D eigenvalue weighted by Crippen LogP contribution is -2.30. The molecule has 1 fully saturated rings. The average molecular weight is 326 g/mol. The highest BCUT2D eigenvalue weighted by Gasteiger charge is 2.37. The van der Waals surface area contributed by atoms with Gasteiger partial charge in [0.25, 0.3) is 5.91 Å². The SMILES string of the molecule is CC(C)=C1CC(=O)N(c2cc(OC(C)C)c(Cl)cc2F)C1=O. The summed E-state index contributed by atoms with van der Waals surface area (Å²) in [4.78, 5) is 25.3. The van der Waals surface area contributed by atoms with Crippen LogP contribution in [0.2, 0.25) is 5.02 Å². The summed E-state index contributed by atoms with van der Waals surface area (Å²) in [5.74, 6) is -1.46. The van der Waals surface area contributed by atoms with E-state index in [1.54, 1.807) is 27.7 Å². The fourth-order valence-corrected chi connectivity index (χ4v) is 2.42. The first-order valence-electron chi connectivity index (χ1n) is 6.91. The zero-order valence-electron chi connectivity index (χ0n) is 12.9. The lowest BCUT2D eigenvalue weighted by Gasteiger charge is -2.18. The summed E-state index contributed by atoms with van der Waals surface area (Å²) in [6.45, 7) is 7.09. The largest absolute Gasteiger partial charge is 0.489 e. The normalized spacial score (nSPS) is 15.0. The van der Waals surface area contributed by atoms with Gasteiger partial charge in [0.15, 0.2) is 0 Å². The van der Waals surface area contributed by atoms with Crippen LogP contribution in [0.3, 0.4) is 0 Å². The summed E-state index contributed by atoms with van der Waals surface area (Å²) in [6.07, 6.45) is -0.196. The van der Waals surface area contributed by atoms with Gasteiger partial charge in [-0.3, -0.25) is 9.59 Å². The molecule has 0 saturated carbocycles. The molecule has 0 unspecified atom stereocenters. The van der Waals surface area contributed by atoms with Gasteiger partial charge in [0.2, 0.25) is 5.91 Å². The Hall–Kier alpha value is -1.88. The molecule has 1 saturated heterocycles. The van der Waals surface area contributed by atoms with Gasteiger partial charge >= 0.3 is 0 Å². The van der Waals surface area contributed by atoms with Gasteiger partial charge in [-0.05, 0) is 33.8 Å². The van der Waals surface area contributed by atoms with Crippen molar-refractivity contribution in [3.8, 4) is 5.75 Å². The molecule has 0 aromatic heterocycles. The van der Waals surface area contributed by atoms with Gasteiger partial charge in [0, 0.05) is 11.6 Å². The van der Waals surface area contributed by atoms with Crippen LogP contribution in [0.1, 0.15) is 34.1 Å². The van der Waals surface area contributed by atoms with Crippen LogP contribution in [0.15, 0.2) is 23.3 Å². The maximum atomic E-state index is 14.2. The second-order valence-electron chi connectivity index (χ2n) is 5.59. The molecule has 0 bridgehead atoms. The van der Waals surface area contributed by atoms with Crippen LogP contribution >= 0.6 is 11.6 Å². The number of hydrogen-bond acceptors (Lipinski definition) is 3. The number of rotatable bonds is 3. The van der Waals surface area contributed by atoms with E-state index in [-0.39, 0.29) is 29.0 Å². The van der Waals surface area contributed by atoms with E-state index >= 15 is 0 Å². The minimum atomic E-state index is -0.738. The lowest BCUT2D eigenvalue weighted by molar-refractivity contribution is -0.120. The highest BCUT2D eigenvalue weighted by atomic mass is 35.5. The number of anilines is 1. The first-order valence-corrected chi connectivity index (χ1v) is 7.29. The summed E-state index contributed by atoms with van der Waals surface area (Å²) < 4.78 is 19.7. The fourth-order valence-electron chi connectivity index (χ4n) is 2.22. The second kappa shape index (κ2) is 6.08. The Labute approximate surface area is 133 Å². The number of nitrogens with zero attached hydrogens (tertiary/aromatic N) is 1. The first kappa shape index (κ1) is 16.5. The van der Waals surface area contributed by atoms with E-state index < -0.39 is 17.6 Å². The van der Waals surface area contributed by atoms with E-state index in [1.807, 2.05) is 0 Å². The smallest absolute Gasteiger partial charge is 0.261 e. The molecule has 4 nitrogen and oxygen atoms in total. The van der Waals surface area contributed by atoms with Crippen LogP contribution in [0, 0.1) is 5.82 Å². The van der Waals surface area contributed by atoms with Gasteiger partial charge in [0.05, 0.1) is 23.2 Å². The number of hydrogen-bond donors (Lipinski definition) is 0. The minimum absolute atomic E-state index is 0.0242. The fraction of sp³-hybridized carbons (Fsp3) is 0.375. The van der Waals surface area contributed by atoms with Crippen molar-refractivity contribution in [3.63, 3.8) is 0 Å². The van der Waals surface area contributed by atoms with Gasteiger partial charge in [0.1, 0.15) is 11.6 Å². The molecule has 1 aliphatic rings. The van der Waals surface area contributed by atoms with Gasteiger partial charge in [-0.2, -0.15) is 0 Å². The zero-order valence-corrected chi connectivity index (χ0v) is 13.6. The van der Waals surface area contributed by atoms with Gasteiger partial charge < -0.3 is 4.74 Å². The van der Waals surface area contributed by atoms with E-state index in [1.165, 1.54) is 6.07 Å². The molecule has 2 rings (SSSR count).